The molecule has 1 amide bonds. The Bertz CT molecular complexity index is 477. The molecule has 6 heteroatoms. The Balaban J connectivity index is 2.51. The van der Waals surface area contributed by atoms with E-state index in [4.69, 9.17) is 23.2 Å². The molecule has 1 atom stereocenters. The molecule has 0 saturated heterocycles. The van der Waals surface area contributed by atoms with Crippen molar-refractivity contribution in [2.45, 2.75) is 25.8 Å². The number of hydrogen-bond acceptors (Lipinski definition) is 3. The number of hydrogen-bond donors (Lipinski definition) is 1. The SMILES string of the molecule is COC(=O)[C@H](C)NC(=O)CCc1cccc(Cl)c1Cl. The molecule has 1 aromatic rings. The molecule has 0 aliphatic heterocycles. The van der Waals surface area contributed by atoms with Crippen LogP contribution in [0, 0.1) is 0 Å². The van der Waals surface area contributed by atoms with Crippen LogP contribution < -0.4 is 5.32 Å². The number of nitrogens with one attached hydrogen (secondary N) is 1. The highest BCUT2D eigenvalue weighted by atomic mass is 35.5. The van der Waals surface area contributed by atoms with Crippen molar-refractivity contribution >= 4 is 35.1 Å². The molecule has 1 N–H and O–H groups in total. The van der Waals surface area contributed by atoms with Gasteiger partial charge in [-0.3, -0.25) is 4.79 Å². The van der Waals surface area contributed by atoms with E-state index in [0.29, 0.717) is 16.5 Å². The van der Waals surface area contributed by atoms with Crippen LogP contribution in [0.25, 0.3) is 0 Å². The summed E-state index contributed by atoms with van der Waals surface area (Å²) < 4.78 is 4.52. The minimum atomic E-state index is -0.660. The topological polar surface area (TPSA) is 55.4 Å². The molecule has 0 radical (unpaired) electrons. The average molecular weight is 304 g/mol. The normalized spacial score (nSPS) is 11.8. The molecule has 0 unspecified atom stereocenters. The van der Waals surface area contributed by atoms with Gasteiger partial charge in [0.25, 0.3) is 0 Å². The van der Waals surface area contributed by atoms with E-state index in [1.165, 1.54) is 7.11 Å². The first-order valence-corrected chi connectivity index (χ1v) is 6.51. The Morgan fingerprint density at radius 1 is 1.37 bits per heavy atom. The lowest BCUT2D eigenvalue weighted by Gasteiger charge is -2.11. The number of methoxy groups -OCH3 is 1. The average Bonchev–Trinajstić information content (AvgIpc) is 2.39. The van der Waals surface area contributed by atoms with Gasteiger partial charge in [0.1, 0.15) is 6.04 Å². The van der Waals surface area contributed by atoms with Gasteiger partial charge in [0.15, 0.2) is 0 Å². The number of ether oxygens (including phenoxy) is 1. The van der Waals surface area contributed by atoms with Crippen LogP contribution in [-0.4, -0.2) is 25.0 Å². The molecule has 19 heavy (non-hydrogen) atoms. The van der Waals surface area contributed by atoms with Crippen LogP contribution in [0.15, 0.2) is 18.2 Å². The highest BCUT2D eigenvalue weighted by molar-refractivity contribution is 6.42. The van der Waals surface area contributed by atoms with Crippen molar-refractivity contribution < 1.29 is 14.3 Å². The molecular formula is C13H15Cl2NO3. The van der Waals surface area contributed by atoms with Crippen LogP contribution in [0.3, 0.4) is 0 Å². The van der Waals surface area contributed by atoms with Gasteiger partial charge in [0, 0.05) is 6.42 Å². The third kappa shape index (κ3) is 4.73. The molecule has 4 nitrogen and oxygen atoms in total. The van der Waals surface area contributed by atoms with E-state index in [-0.39, 0.29) is 12.3 Å². The lowest BCUT2D eigenvalue weighted by Crippen LogP contribution is -2.39. The van der Waals surface area contributed by atoms with E-state index in [0.717, 1.165) is 5.56 Å². The number of carbonyl (C=O) groups is 2. The Morgan fingerprint density at radius 3 is 2.68 bits per heavy atom. The Kier molecular flexibility index (Phi) is 6.12. The fraction of sp³-hybridized carbons (Fsp3) is 0.385. The quantitative estimate of drug-likeness (QED) is 0.851. The largest absolute Gasteiger partial charge is 0.467 e. The van der Waals surface area contributed by atoms with E-state index in [2.05, 4.69) is 10.1 Å². The predicted octanol–water partition coefficient (Wildman–Crippen LogP) is 2.60. The molecule has 1 rings (SSSR count). The predicted molar refractivity (Wildman–Crippen MR) is 74.4 cm³/mol. The summed E-state index contributed by atoms with van der Waals surface area (Å²) in [5, 5.41) is 3.46. The van der Waals surface area contributed by atoms with Crippen molar-refractivity contribution in [3.05, 3.63) is 33.8 Å². The minimum Gasteiger partial charge on any atom is -0.467 e. The van der Waals surface area contributed by atoms with Crippen LogP contribution in [0.2, 0.25) is 10.0 Å². The van der Waals surface area contributed by atoms with E-state index in [1.54, 1.807) is 19.1 Å². The van der Waals surface area contributed by atoms with Crippen molar-refractivity contribution in [3.8, 4) is 0 Å². The second kappa shape index (κ2) is 7.36. The second-order valence-electron chi connectivity index (χ2n) is 4.03. The van der Waals surface area contributed by atoms with Crippen molar-refractivity contribution in [1.82, 2.24) is 5.32 Å². The zero-order valence-corrected chi connectivity index (χ0v) is 12.2. The lowest BCUT2D eigenvalue weighted by atomic mass is 10.1. The minimum absolute atomic E-state index is 0.224. The third-order valence-corrected chi connectivity index (χ3v) is 3.44. The summed E-state index contributed by atoms with van der Waals surface area (Å²) in [6, 6.07) is 4.61. The van der Waals surface area contributed by atoms with Gasteiger partial charge in [-0.05, 0) is 25.0 Å². The fourth-order valence-electron chi connectivity index (χ4n) is 1.54. The fourth-order valence-corrected chi connectivity index (χ4v) is 1.95. The summed E-state index contributed by atoms with van der Waals surface area (Å²) in [7, 11) is 1.27. The highest BCUT2D eigenvalue weighted by Gasteiger charge is 2.15. The Morgan fingerprint density at radius 2 is 2.05 bits per heavy atom. The molecule has 0 heterocycles. The Labute approximate surface area is 122 Å². The van der Waals surface area contributed by atoms with Crippen LogP contribution >= 0.6 is 23.2 Å². The summed E-state index contributed by atoms with van der Waals surface area (Å²) in [6.45, 7) is 1.57. The van der Waals surface area contributed by atoms with Crippen LogP contribution in [0.4, 0.5) is 0 Å². The van der Waals surface area contributed by atoms with Crippen LogP contribution in [-0.2, 0) is 20.7 Å². The number of aryl methyl sites for hydroxylation is 1. The van der Waals surface area contributed by atoms with Gasteiger partial charge < -0.3 is 10.1 Å². The molecule has 0 aliphatic carbocycles. The summed E-state index contributed by atoms with van der Waals surface area (Å²) in [6.07, 6.45) is 0.681. The van der Waals surface area contributed by atoms with Crippen molar-refractivity contribution in [2.75, 3.05) is 7.11 Å². The third-order valence-electron chi connectivity index (χ3n) is 2.59. The molecular weight excluding hydrogens is 289 g/mol. The molecule has 0 bridgehead atoms. The van der Waals surface area contributed by atoms with Crippen molar-refractivity contribution in [2.24, 2.45) is 0 Å². The monoisotopic (exact) mass is 303 g/mol. The van der Waals surface area contributed by atoms with Gasteiger partial charge in [-0.25, -0.2) is 4.79 Å². The van der Waals surface area contributed by atoms with E-state index in [1.807, 2.05) is 6.07 Å². The first-order chi connectivity index (χ1) is 8.95. The van der Waals surface area contributed by atoms with Gasteiger partial charge in [0.2, 0.25) is 5.91 Å². The van der Waals surface area contributed by atoms with Gasteiger partial charge in [-0.1, -0.05) is 35.3 Å². The van der Waals surface area contributed by atoms with Crippen LogP contribution in [0.5, 0.6) is 0 Å². The van der Waals surface area contributed by atoms with Gasteiger partial charge in [-0.15, -0.1) is 0 Å². The molecule has 0 spiro atoms. The number of rotatable bonds is 5. The Hall–Kier alpha value is -1.26. The number of carbonyl (C=O) groups excluding carboxylic acids is 2. The van der Waals surface area contributed by atoms with Gasteiger partial charge in [-0.2, -0.15) is 0 Å². The van der Waals surface area contributed by atoms with E-state index in [9.17, 15) is 9.59 Å². The van der Waals surface area contributed by atoms with E-state index < -0.39 is 12.0 Å². The lowest BCUT2D eigenvalue weighted by molar-refractivity contribution is -0.144. The first-order valence-electron chi connectivity index (χ1n) is 5.75. The van der Waals surface area contributed by atoms with Gasteiger partial charge >= 0.3 is 5.97 Å². The zero-order valence-electron chi connectivity index (χ0n) is 10.7. The van der Waals surface area contributed by atoms with Crippen molar-refractivity contribution in [3.63, 3.8) is 0 Å². The summed E-state index contributed by atoms with van der Waals surface area (Å²) in [5.74, 6) is -0.719. The van der Waals surface area contributed by atoms with Crippen LogP contribution in [0.1, 0.15) is 18.9 Å². The molecule has 0 saturated carbocycles. The molecule has 0 fully saturated rings. The number of benzene rings is 1. The molecule has 0 aromatic heterocycles. The summed E-state index contributed by atoms with van der Waals surface area (Å²) in [5.41, 5.74) is 0.801. The van der Waals surface area contributed by atoms with E-state index >= 15 is 0 Å². The molecule has 104 valence electrons. The maximum absolute atomic E-state index is 11.6. The number of esters is 1. The second-order valence-corrected chi connectivity index (χ2v) is 4.81. The maximum Gasteiger partial charge on any atom is 0.328 e. The maximum atomic E-state index is 11.6. The first kappa shape index (κ1) is 15.8. The zero-order chi connectivity index (χ0) is 14.4. The summed E-state index contributed by atoms with van der Waals surface area (Å²) >= 11 is 11.9. The van der Waals surface area contributed by atoms with Crippen molar-refractivity contribution in [1.29, 1.82) is 0 Å². The highest BCUT2D eigenvalue weighted by Crippen LogP contribution is 2.26. The molecule has 0 aliphatic rings. The molecule has 1 aromatic carbocycles. The van der Waals surface area contributed by atoms with Gasteiger partial charge in [0.05, 0.1) is 17.2 Å². The summed E-state index contributed by atoms with van der Waals surface area (Å²) in [4.78, 5) is 22.8. The number of amides is 1. The smallest absolute Gasteiger partial charge is 0.328 e. The standard InChI is InChI=1S/C13H15Cl2NO3/c1-8(13(18)19-2)16-11(17)7-6-9-4-3-5-10(14)12(9)15/h3-5,8H,6-7H2,1-2H3,(H,16,17)/t8-/m0/s1. The number of halogens is 2.